The Labute approximate surface area is 271 Å². The van der Waals surface area contributed by atoms with E-state index in [2.05, 4.69) is 10.6 Å². The fraction of sp³-hybridized carbons (Fsp3) is 0.543. The van der Waals surface area contributed by atoms with Gasteiger partial charge in [0.05, 0.1) is 19.7 Å². The summed E-state index contributed by atoms with van der Waals surface area (Å²) in [5.74, 6) is -1.09. The minimum atomic E-state index is -0.964. The SMILES string of the molecule is CC(C)(C)OC(=O)N[C@H](C(=O)N1CC[C@@H](NCC(=O)OCc2ccccc2)[C@H]1C(=O)N1CCO[C@H](c2ccccc2)C1)C(C)(C)C. The number of esters is 1. The zero-order valence-corrected chi connectivity index (χ0v) is 27.8. The van der Waals surface area contributed by atoms with Crippen molar-refractivity contribution in [2.45, 2.75) is 84.4 Å². The van der Waals surface area contributed by atoms with Gasteiger partial charge < -0.3 is 34.6 Å². The Kier molecular flexibility index (Phi) is 11.4. The van der Waals surface area contributed by atoms with Gasteiger partial charge >= 0.3 is 12.1 Å². The quantitative estimate of drug-likeness (QED) is 0.398. The Bertz CT molecular complexity index is 1340. The van der Waals surface area contributed by atoms with Crippen LogP contribution in [0.15, 0.2) is 60.7 Å². The molecule has 4 atom stereocenters. The molecule has 46 heavy (non-hydrogen) atoms. The van der Waals surface area contributed by atoms with Gasteiger partial charge in [-0.3, -0.25) is 14.4 Å². The van der Waals surface area contributed by atoms with E-state index in [1.54, 1.807) is 25.7 Å². The summed E-state index contributed by atoms with van der Waals surface area (Å²) in [5.41, 5.74) is 0.389. The number of likely N-dealkylation sites (tertiary alicyclic amines) is 1. The van der Waals surface area contributed by atoms with Gasteiger partial charge in [0.15, 0.2) is 0 Å². The maximum atomic E-state index is 14.3. The molecule has 2 heterocycles. The molecule has 0 aliphatic carbocycles. The Balaban J connectivity index is 1.53. The van der Waals surface area contributed by atoms with Crippen molar-refractivity contribution < 1.29 is 33.4 Å². The smallest absolute Gasteiger partial charge is 0.408 e. The van der Waals surface area contributed by atoms with Crippen molar-refractivity contribution in [1.82, 2.24) is 20.4 Å². The lowest BCUT2D eigenvalue weighted by atomic mass is 9.85. The van der Waals surface area contributed by atoms with Crippen LogP contribution in [-0.2, 0) is 35.2 Å². The summed E-state index contributed by atoms with van der Waals surface area (Å²) in [7, 11) is 0. The van der Waals surface area contributed by atoms with Crippen molar-refractivity contribution in [2.24, 2.45) is 5.41 Å². The zero-order chi connectivity index (χ0) is 33.5. The van der Waals surface area contributed by atoms with Crippen molar-refractivity contribution in [3.8, 4) is 0 Å². The number of rotatable bonds is 9. The van der Waals surface area contributed by atoms with Crippen molar-refractivity contribution in [2.75, 3.05) is 32.8 Å². The molecule has 0 aromatic heterocycles. The number of carbonyl (C=O) groups is 4. The van der Waals surface area contributed by atoms with E-state index in [0.29, 0.717) is 26.1 Å². The molecule has 2 aromatic rings. The lowest BCUT2D eigenvalue weighted by molar-refractivity contribution is -0.151. The number of alkyl carbamates (subject to hydrolysis) is 1. The third kappa shape index (κ3) is 9.53. The maximum absolute atomic E-state index is 14.3. The predicted octanol–water partition coefficient (Wildman–Crippen LogP) is 3.83. The summed E-state index contributed by atoms with van der Waals surface area (Å²) in [6.45, 7) is 12.1. The highest BCUT2D eigenvalue weighted by molar-refractivity contribution is 5.93. The molecule has 2 N–H and O–H groups in total. The number of hydrogen-bond donors (Lipinski definition) is 2. The number of amides is 3. The van der Waals surface area contributed by atoms with Crippen LogP contribution in [0.4, 0.5) is 4.79 Å². The fourth-order valence-corrected chi connectivity index (χ4v) is 5.71. The summed E-state index contributed by atoms with van der Waals surface area (Å²) in [6, 6.07) is 16.7. The molecule has 0 saturated carbocycles. The number of benzene rings is 2. The van der Waals surface area contributed by atoms with Crippen molar-refractivity contribution in [3.63, 3.8) is 0 Å². The van der Waals surface area contributed by atoms with E-state index in [0.717, 1.165) is 11.1 Å². The van der Waals surface area contributed by atoms with Crippen LogP contribution in [0.2, 0.25) is 0 Å². The summed E-state index contributed by atoms with van der Waals surface area (Å²) in [4.78, 5) is 57.4. The molecule has 0 unspecified atom stereocenters. The number of ether oxygens (including phenoxy) is 3. The first-order valence-corrected chi connectivity index (χ1v) is 15.9. The van der Waals surface area contributed by atoms with E-state index in [-0.39, 0.29) is 37.6 Å². The van der Waals surface area contributed by atoms with Crippen LogP contribution in [-0.4, -0.2) is 90.2 Å². The average Bonchev–Trinajstić information content (AvgIpc) is 3.44. The molecule has 0 radical (unpaired) electrons. The van der Waals surface area contributed by atoms with Gasteiger partial charge in [0, 0.05) is 19.1 Å². The lowest BCUT2D eigenvalue weighted by Crippen LogP contribution is -2.62. The topological polar surface area (TPSA) is 127 Å². The molecule has 11 nitrogen and oxygen atoms in total. The van der Waals surface area contributed by atoms with Crippen LogP contribution in [0, 0.1) is 5.41 Å². The van der Waals surface area contributed by atoms with Crippen LogP contribution >= 0.6 is 0 Å². The third-order valence-electron chi connectivity index (χ3n) is 8.01. The van der Waals surface area contributed by atoms with Gasteiger partial charge in [-0.2, -0.15) is 0 Å². The normalized spacial score (nSPS) is 21.0. The van der Waals surface area contributed by atoms with Crippen molar-refractivity contribution in [3.05, 3.63) is 71.8 Å². The molecule has 3 amide bonds. The predicted molar refractivity (Wildman–Crippen MR) is 172 cm³/mol. The first-order valence-electron chi connectivity index (χ1n) is 15.9. The highest BCUT2D eigenvalue weighted by Gasteiger charge is 2.48. The Morgan fingerprint density at radius 1 is 0.935 bits per heavy atom. The van der Waals surface area contributed by atoms with Crippen LogP contribution < -0.4 is 10.6 Å². The van der Waals surface area contributed by atoms with Gasteiger partial charge in [-0.15, -0.1) is 0 Å². The van der Waals surface area contributed by atoms with Crippen LogP contribution in [0.25, 0.3) is 0 Å². The van der Waals surface area contributed by atoms with Crippen molar-refractivity contribution >= 4 is 23.9 Å². The highest BCUT2D eigenvalue weighted by atomic mass is 16.6. The molecule has 2 aliphatic heterocycles. The zero-order valence-electron chi connectivity index (χ0n) is 27.8. The number of morpholine rings is 1. The van der Waals surface area contributed by atoms with Crippen LogP contribution in [0.5, 0.6) is 0 Å². The first-order chi connectivity index (χ1) is 21.7. The minimum absolute atomic E-state index is 0.127. The van der Waals surface area contributed by atoms with Crippen molar-refractivity contribution in [1.29, 1.82) is 0 Å². The molecule has 2 aromatic carbocycles. The van der Waals surface area contributed by atoms with E-state index in [4.69, 9.17) is 14.2 Å². The molecule has 250 valence electrons. The van der Waals surface area contributed by atoms with E-state index < -0.39 is 41.2 Å². The molecular weight excluding hydrogens is 588 g/mol. The Morgan fingerprint density at radius 3 is 2.22 bits per heavy atom. The van der Waals surface area contributed by atoms with Crippen LogP contribution in [0.1, 0.15) is 65.2 Å². The number of hydrogen-bond acceptors (Lipinski definition) is 8. The molecule has 2 aliphatic rings. The lowest BCUT2D eigenvalue weighted by Gasteiger charge is -2.40. The minimum Gasteiger partial charge on any atom is -0.460 e. The molecule has 0 bridgehead atoms. The standard InChI is InChI=1S/C35H48N4O7/c1-34(2,3)30(37-33(43)46-35(4,5)6)32(42)39-18-17-26(36-21-28(40)45-23-24-13-9-7-10-14-24)29(39)31(41)38-19-20-44-27(22-38)25-15-11-8-12-16-25/h7-16,26-27,29-30,36H,17-23H2,1-6H3,(H,37,43)/t26-,27+,29+,30-/m1/s1. The van der Waals surface area contributed by atoms with E-state index in [1.165, 1.54) is 4.90 Å². The Morgan fingerprint density at radius 2 is 1.59 bits per heavy atom. The maximum Gasteiger partial charge on any atom is 0.408 e. The second kappa shape index (κ2) is 15.1. The van der Waals surface area contributed by atoms with Gasteiger partial charge in [0.1, 0.15) is 30.4 Å². The molecule has 11 heteroatoms. The number of carbonyl (C=O) groups excluding carboxylic acids is 4. The van der Waals surface area contributed by atoms with Gasteiger partial charge in [0.2, 0.25) is 11.8 Å². The summed E-state index contributed by atoms with van der Waals surface area (Å²) < 4.78 is 16.9. The fourth-order valence-electron chi connectivity index (χ4n) is 5.71. The number of nitrogens with one attached hydrogen (secondary N) is 2. The van der Waals surface area contributed by atoms with E-state index in [1.807, 2.05) is 81.4 Å². The van der Waals surface area contributed by atoms with Gasteiger partial charge in [0.25, 0.3) is 0 Å². The Hall–Kier alpha value is -3.96. The summed E-state index contributed by atoms with van der Waals surface area (Å²) in [5, 5.41) is 5.97. The number of nitrogens with zero attached hydrogens (tertiary/aromatic N) is 2. The average molecular weight is 637 g/mol. The second-order valence-corrected chi connectivity index (χ2v) is 13.9. The van der Waals surface area contributed by atoms with Gasteiger partial charge in [-0.05, 0) is 43.7 Å². The molecule has 4 rings (SSSR count). The first kappa shape index (κ1) is 34.9. The molecule has 2 fully saturated rings. The largest absolute Gasteiger partial charge is 0.460 e. The molecule has 2 saturated heterocycles. The molecular formula is C35H48N4O7. The summed E-state index contributed by atoms with van der Waals surface area (Å²) in [6.07, 6.45) is -0.582. The van der Waals surface area contributed by atoms with Gasteiger partial charge in [-0.1, -0.05) is 81.4 Å². The van der Waals surface area contributed by atoms with Gasteiger partial charge in [-0.25, -0.2) is 4.79 Å². The molecule has 0 spiro atoms. The summed E-state index contributed by atoms with van der Waals surface area (Å²) >= 11 is 0. The van der Waals surface area contributed by atoms with Crippen LogP contribution in [0.3, 0.4) is 0 Å². The van der Waals surface area contributed by atoms with E-state index >= 15 is 0 Å². The highest BCUT2D eigenvalue weighted by Crippen LogP contribution is 2.29. The third-order valence-corrected chi connectivity index (χ3v) is 8.01. The second-order valence-electron chi connectivity index (χ2n) is 13.9. The monoisotopic (exact) mass is 636 g/mol. The van der Waals surface area contributed by atoms with E-state index in [9.17, 15) is 19.2 Å².